The van der Waals surface area contributed by atoms with E-state index < -0.39 is 0 Å². The standard InChI is InChI=1S/C10H9NO2/c1-8-6-9(4-2-3-5-12)7-11-10(8)13/h5-7H,3H2,1H3,(H,11,13). The Balaban J connectivity index is 2.93. The van der Waals surface area contributed by atoms with E-state index in [9.17, 15) is 9.59 Å². The summed E-state index contributed by atoms with van der Waals surface area (Å²) in [5.74, 6) is 5.42. The second kappa shape index (κ2) is 4.27. The first kappa shape index (κ1) is 9.27. The molecule has 0 fully saturated rings. The summed E-state index contributed by atoms with van der Waals surface area (Å²) in [6.07, 6.45) is 2.50. The summed E-state index contributed by atoms with van der Waals surface area (Å²) in [7, 11) is 0. The monoisotopic (exact) mass is 175 g/mol. The van der Waals surface area contributed by atoms with Gasteiger partial charge in [-0.15, -0.1) is 0 Å². The van der Waals surface area contributed by atoms with Crippen LogP contribution in [0.5, 0.6) is 0 Å². The number of pyridine rings is 1. The van der Waals surface area contributed by atoms with E-state index in [2.05, 4.69) is 16.8 Å². The fourth-order valence-electron chi connectivity index (χ4n) is 0.865. The first-order chi connectivity index (χ1) is 6.24. The van der Waals surface area contributed by atoms with Crippen molar-refractivity contribution in [3.05, 3.63) is 33.7 Å². The predicted molar refractivity (Wildman–Crippen MR) is 49.4 cm³/mol. The van der Waals surface area contributed by atoms with Gasteiger partial charge in [-0.2, -0.15) is 0 Å². The van der Waals surface area contributed by atoms with Crippen LogP contribution in [0, 0.1) is 18.8 Å². The van der Waals surface area contributed by atoms with E-state index in [4.69, 9.17) is 0 Å². The molecule has 0 saturated heterocycles. The Kier molecular flexibility index (Phi) is 3.04. The number of aryl methyl sites for hydroxylation is 1. The molecule has 0 aliphatic rings. The van der Waals surface area contributed by atoms with Crippen LogP contribution in [0.2, 0.25) is 0 Å². The third kappa shape index (κ3) is 2.60. The van der Waals surface area contributed by atoms with Crippen LogP contribution in [-0.2, 0) is 4.79 Å². The van der Waals surface area contributed by atoms with Crippen LogP contribution in [0.3, 0.4) is 0 Å². The Morgan fingerprint density at radius 3 is 3.00 bits per heavy atom. The normalized spacial score (nSPS) is 8.69. The summed E-state index contributed by atoms with van der Waals surface area (Å²) in [5, 5.41) is 0. The number of hydrogen-bond acceptors (Lipinski definition) is 2. The van der Waals surface area contributed by atoms with Crippen molar-refractivity contribution in [3.63, 3.8) is 0 Å². The molecule has 3 heteroatoms. The van der Waals surface area contributed by atoms with Crippen molar-refractivity contribution in [1.82, 2.24) is 4.98 Å². The van der Waals surface area contributed by atoms with E-state index in [1.165, 1.54) is 6.20 Å². The number of hydrogen-bond donors (Lipinski definition) is 1. The molecule has 0 saturated carbocycles. The maximum atomic E-state index is 10.9. The molecule has 1 aromatic rings. The SMILES string of the molecule is Cc1cc(C#CCC=O)c[nH]c1=O. The largest absolute Gasteiger partial charge is 0.328 e. The molecule has 0 atom stereocenters. The Morgan fingerprint density at radius 2 is 2.38 bits per heavy atom. The highest BCUT2D eigenvalue weighted by molar-refractivity contribution is 5.54. The molecule has 1 N–H and O–H groups in total. The molecule has 1 aromatic heterocycles. The van der Waals surface area contributed by atoms with Crippen LogP contribution in [0.25, 0.3) is 0 Å². The quantitative estimate of drug-likeness (QED) is 0.502. The van der Waals surface area contributed by atoms with Crippen molar-refractivity contribution in [3.8, 4) is 11.8 Å². The Labute approximate surface area is 75.8 Å². The minimum atomic E-state index is -0.110. The molecule has 0 aromatic carbocycles. The highest BCUT2D eigenvalue weighted by Gasteiger charge is 1.92. The summed E-state index contributed by atoms with van der Waals surface area (Å²) >= 11 is 0. The molecule has 3 nitrogen and oxygen atoms in total. The van der Waals surface area contributed by atoms with Crippen molar-refractivity contribution in [1.29, 1.82) is 0 Å². The summed E-state index contributed by atoms with van der Waals surface area (Å²) in [5.41, 5.74) is 1.23. The molecular weight excluding hydrogens is 166 g/mol. The van der Waals surface area contributed by atoms with Gasteiger partial charge >= 0.3 is 0 Å². The van der Waals surface area contributed by atoms with Gasteiger partial charge in [-0.05, 0) is 13.0 Å². The fourth-order valence-corrected chi connectivity index (χ4v) is 0.865. The van der Waals surface area contributed by atoms with Crippen LogP contribution < -0.4 is 5.56 Å². The highest BCUT2D eigenvalue weighted by atomic mass is 16.1. The van der Waals surface area contributed by atoms with Crippen LogP contribution in [0.4, 0.5) is 0 Å². The van der Waals surface area contributed by atoms with Gasteiger partial charge in [0.1, 0.15) is 6.29 Å². The number of nitrogens with one attached hydrogen (secondary N) is 1. The lowest BCUT2D eigenvalue weighted by Crippen LogP contribution is -2.08. The molecule has 0 bridgehead atoms. The van der Waals surface area contributed by atoms with Crippen LogP contribution >= 0.6 is 0 Å². The number of aldehydes is 1. The van der Waals surface area contributed by atoms with Crippen LogP contribution in [0.15, 0.2) is 17.1 Å². The Hall–Kier alpha value is -1.82. The van der Waals surface area contributed by atoms with E-state index in [0.29, 0.717) is 5.56 Å². The second-order valence-electron chi connectivity index (χ2n) is 2.57. The van der Waals surface area contributed by atoms with Gasteiger partial charge in [0.25, 0.3) is 5.56 Å². The lowest BCUT2D eigenvalue weighted by Gasteiger charge is -1.91. The average Bonchev–Trinajstić information content (AvgIpc) is 2.12. The molecular formula is C10H9NO2. The third-order valence-electron chi connectivity index (χ3n) is 1.51. The number of H-pyrrole nitrogens is 1. The molecule has 0 spiro atoms. The number of carbonyl (C=O) groups is 1. The van der Waals surface area contributed by atoms with Gasteiger partial charge in [-0.1, -0.05) is 11.8 Å². The van der Waals surface area contributed by atoms with E-state index in [1.54, 1.807) is 13.0 Å². The molecule has 0 amide bonds. The van der Waals surface area contributed by atoms with Crippen molar-refractivity contribution < 1.29 is 4.79 Å². The first-order valence-electron chi connectivity index (χ1n) is 3.86. The summed E-state index contributed by atoms with van der Waals surface area (Å²) in [4.78, 5) is 23.4. The Morgan fingerprint density at radius 1 is 1.62 bits per heavy atom. The van der Waals surface area contributed by atoms with E-state index in [0.717, 1.165) is 11.8 Å². The second-order valence-corrected chi connectivity index (χ2v) is 2.57. The summed E-state index contributed by atoms with van der Waals surface area (Å²) in [6, 6.07) is 1.69. The number of aromatic amines is 1. The lowest BCUT2D eigenvalue weighted by atomic mass is 10.2. The van der Waals surface area contributed by atoms with E-state index in [1.807, 2.05) is 0 Å². The molecule has 0 aliphatic heterocycles. The van der Waals surface area contributed by atoms with E-state index >= 15 is 0 Å². The predicted octanol–water partition coefficient (Wildman–Crippen LogP) is 0.624. The van der Waals surface area contributed by atoms with Crippen molar-refractivity contribution >= 4 is 6.29 Å². The van der Waals surface area contributed by atoms with Crippen LogP contribution in [-0.4, -0.2) is 11.3 Å². The zero-order valence-corrected chi connectivity index (χ0v) is 7.26. The maximum Gasteiger partial charge on any atom is 0.250 e. The average molecular weight is 175 g/mol. The number of carbonyl (C=O) groups excluding carboxylic acids is 1. The van der Waals surface area contributed by atoms with Crippen molar-refractivity contribution in [2.45, 2.75) is 13.3 Å². The van der Waals surface area contributed by atoms with Gasteiger partial charge < -0.3 is 9.78 Å². The lowest BCUT2D eigenvalue weighted by molar-refractivity contribution is -0.107. The highest BCUT2D eigenvalue weighted by Crippen LogP contribution is 1.94. The summed E-state index contributed by atoms with van der Waals surface area (Å²) < 4.78 is 0. The molecule has 13 heavy (non-hydrogen) atoms. The molecule has 1 rings (SSSR count). The number of aromatic nitrogens is 1. The van der Waals surface area contributed by atoms with Gasteiger partial charge in [-0.25, -0.2) is 0 Å². The fraction of sp³-hybridized carbons (Fsp3) is 0.200. The van der Waals surface area contributed by atoms with E-state index in [-0.39, 0.29) is 12.0 Å². The van der Waals surface area contributed by atoms with Crippen molar-refractivity contribution in [2.24, 2.45) is 0 Å². The number of rotatable bonds is 1. The van der Waals surface area contributed by atoms with Gasteiger partial charge in [0.2, 0.25) is 0 Å². The van der Waals surface area contributed by atoms with Gasteiger partial charge in [0, 0.05) is 17.3 Å². The maximum absolute atomic E-state index is 10.9. The Bertz CT molecular complexity index is 421. The first-order valence-corrected chi connectivity index (χ1v) is 3.86. The third-order valence-corrected chi connectivity index (χ3v) is 1.51. The minimum absolute atomic E-state index is 0.110. The van der Waals surface area contributed by atoms with Gasteiger partial charge in [-0.3, -0.25) is 4.79 Å². The van der Waals surface area contributed by atoms with Gasteiger partial charge in [0.05, 0.1) is 6.42 Å². The zero-order valence-electron chi connectivity index (χ0n) is 7.26. The molecule has 0 unspecified atom stereocenters. The van der Waals surface area contributed by atoms with Crippen molar-refractivity contribution in [2.75, 3.05) is 0 Å². The summed E-state index contributed by atoms with van der Waals surface area (Å²) in [6.45, 7) is 1.71. The molecule has 0 radical (unpaired) electrons. The smallest absolute Gasteiger partial charge is 0.250 e. The molecule has 1 heterocycles. The van der Waals surface area contributed by atoms with Crippen LogP contribution in [0.1, 0.15) is 17.5 Å². The molecule has 0 aliphatic carbocycles. The minimum Gasteiger partial charge on any atom is -0.328 e. The topological polar surface area (TPSA) is 49.9 Å². The zero-order chi connectivity index (χ0) is 9.68. The molecule has 66 valence electrons. The van der Waals surface area contributed by atoms with Gasteiger partial charge in [0.15, 0.2) is 0 Å².